The van der Waals surface area contributed by atoms with Crippen molar-refractivity contribution in [3.63, 3.8) is 0 Å². The van der Waals surface area contributed by atoms with E-state index in [4.69, 9.17) is 10.2 Å². The smallest absolute Gasteiger partial charge is 0.328 e. The standard InChI is InChI=1S/2C5H8O2.Zn/c2*1-4(2)3-5(6)7;/h2*3H,1-2H3,(H,6,7);. The van der Waals surface area contributed by atoms with E-state index in [0.717, 1.165) is 11.1 Å². The monoisotopic (exact) mass is 264 g/mol. The second-order valence-electron chi connectivity index (χ2n) is 3.12. The van der Waals surface area contributed by atoms with Crippen LogP contribution in [-0.2, 0) is 29.1 Å². The first-order chi connectivity index (χ1) is 6.25. The van der Waals surface area contributed by atoms with Crippen LogP contribution in [0, 0.1) is 0 Å². The fourth-order valence-corrected chi connectivity index (χ4v) is 0.494. The number of allylic oxidation sites excluding steroid dienone is 2. The van der Waals surface area contributed by atoms with Crippen LogP contribution in [0.1, 0.15) is 27.7 Å². The predicted molar refractivity (Wildman–Crippen MR) is 54.1 cm³/mol. The first-order valence-electron chi connectivity index (χ1n) is 4.01. The van der Waals surface area contributed by atoms with Crippen LogP contribution in [0.25, 0.3) is 0 Å². The molecule has 0 rings (SSSR count). The van der Waals surface area contributed by atoms with E-state index in [-0.39, 0.29) is 19.5 Å². The fourth-order valence-electron chi connectivity index (χ4n) is 0.494. The first-order valence-corrected chi connectivity index (χ1v) is 4.01. The molecule has 0 unspecified atom stereocenters. The van der Waals surface area contributed by atoms with E-state index in [1.165, 1.54) is 12.2 Å². The molecule has 0 amide bonds. The van der Waals surface area contributed by atoms with Crippen molar-refractivity contribution in [2.45, 2.75) is 27.7 Å². The zero-order valence-electron chi connectivity index (χ0n) is 9.57. The van der Waals surface area contributed by atoms with Gasteiger partial charge >= 0.3 is 11.9 Å². The molecule has 0 aliphatic carbocycles. The molecule has 0 saturated carbocycles. The number of carbonyl (C=O) groups is 2. The van der Waals surface area contributed by atoms with Gasteiger partial charge in [0.25, 0.3) is 0 Å². The van der Waals surface area contributed by atoms with Gasteiger partial charge in [-0.2, -0.15) is 0 Å². The van der Waals surface area contributed by atoms with Gasteiger partial charge in [-0.05, 0) is 27.7 Å². The summed E-state index contributed by atoms with van der Waals surface area (Å²) in [5.74, 6) is -1.75. The van der Waals surface area contributed by atoms with Gasteiger partial charge in [-0.1, -0.05) is 11.1 Å². The number of aliphatic carboxylic acids is 2. The van der Waals surface area contributed by atoms with Crippen molar-refractivity contribution in [1.82, 2.24) is 0 Å². The molecule has 0 radical (unpaired) electrons. The van der Waals surface area contributed by atoms with Gasteiger partial charge in [-0.15, -0.1) is 0 Å². The van der Waals surface area contributed by atoms with Crippen molar-refractivity contribution in [3.8, 4) is 0 Å². The molecule has 0 fully saturated rings. The molecule has 0 saturated heterocycles. The number of carboxylic acid groups (broad SMARTS) is 2. The Morgan fingerprint density at radius 3 is 1.00 bits per heavy atom. The summed E-state index contributed by atoms with van der Waals surface area (Å²) >= 11 is 0. The van der Waals surface area contributed by atoms with Crippen molar-refractivity contribution < 1.29 is 39.3 Å². The van der Waals surface area contributed by atoms with Crippen LogP contribution < -0.4 is 0 Å². The van der Waals surface area contributed by atoms with Crippen LogP contribution in [0.5, 0.6) is 0 Å². The van der Waals surface area contributed by atoms with Crippen molar-refractivity contribution in [2.75, 3.05) is 0 Å². The van der Waals surface area contributed by atoms with Gasteiger partial charge in [-0.25, -0.2) is 9.59 Å². The van der Waals surface area contributed by atoms with Crippen molar-refractivity contribution in [2.24, 2.45) is 0 Å². The zero-order chi connectivity index (χ0) is 11.7. The SMILES string of the molecule is CC(C)=CC(=O)O.CC(C)=CC(=O)O.[Zn]. The Morgan fingerprint density at radius 2 is 1.00 bits per heavy atom. The molecule has 4 nitrogen and oxygen atoms in total. The predicted octanol–water partition coefficient (Wildman–Crippen LogP) is 2.07. The maximum atomic E-state index is 9.73. The Balaban J connectivity index is -0.000000180. The largest absolute Gasteiger partial charge is 0.478 e. The summed E-state index contributed by atoms with van der Waals surface area (Å²) in [6.07, 6.45) is 2.33. The summed E-state index contributed by atoms with van der Waals surface area (Å²) in [6, 6.07) is 0. The third-order valence-electron chi connectivity index (χ3n) is 0.824. The topological polar surface area (TPSA) is 74.6 Å². The van der Waals surface area contributed by atoms with Crippen LogP contribution in [0.3, 0.4) is 0 Å². The average Bonchev–Trinajstić information content (AvgIpc) is 1.79. The Kier molecular flexibility index (Phi) is 14.5. The van der Waals surface area contributed by atoms with Crippen molar-refractivity contribution in [1.29, 1.82) is 0 Å². The maximum Gasteiger partial charge on any atom is 0.328 e. The molecule has 0 aliphatic heterocycles. The average molecular weight is 266 g/mol. The minimum Gasteiger partial charge on any atom is -0.478 e. The van der Waals surface area contributed by atoms with Crippen LogP contribution in [0.15, 0.2) is 23.3 Å². The molecule has 0 aromatic carbocycles. The molecule has 0 aromatic rings. The van der Waals surface area contributed by atoms with E-state index in [0.29, 0.717) is 0 Å². The number of hydrogen-bond acceptors (Lipinski definition) is 2. The second kappa shape index (κ2) is 11.1. The summed E-state index contributed by atoms with van der Waals surface area (Å²) in [6.45, 7) is 6.98. The van der Waals surface area contributed by atoms with E-state index in [2.05, 4.69) is 0 Å². The van der Waals surface area contributed by atoms with Gasteiger partial charge in [0.15, 0.2) is 0 Å². The fraction of sp³-hybridized carbons (Fsp3) is 0.400. The van der Waals surface area contributed by atoms with Crippen LogP contribution in [0.4, 0.5) is 0 Å². The van der Waals surface area contributed by atoms with Crippen molar-refractivity contribution in [3.05, 3.63) is 23.3 Å². The van der Waals surface area contributed by atoms with E-state index in [1.54, 1.807) is 27.7 Å². The molecule has 82 valence electrons. The molecular formula is C10H16O4Zn. The summed E-state index contributed by atoms with van der Waals surface area (Å²) < 4.78 is 0. The van der Waals surface area contributed by atoms with E-state index >= 15 is 0 Å². The summed E-state index contributed by atoms with van der Waals surface area (Å²) in [5.41, 5.74) is 1.63. The third-order valence-corrected chi connectivity index (χ3v) is 0.824. The van der Waals surface area contributed by atoms with Gasteiger partial charge in [0.2, 0.25) is 0 Å². The Labute approximate surface area is 102 Å². The number of carboxylic acids is 2. The quantitative estimate of drug-likeness (QED) is 0.592. The summed E-state index contributed by atoms with van der Waals surface area (Å²) in [5, 5.41) is 16.0. The molecule has 0 atom stereocenters. The Morgan fingerprint density at radius 1 is 0.800 bits per heavy atom. The third kappa shape index (κ3) is 32.1. The van der Waals surface area contributed by atoms with Crippen LogP contribution >= 0.6 is 0 Å². The molecule has 0 aliphatic rings. The van der Waals surface area contributed by atoms with E-state index < -0.39 is 11.9 Å². The van der Waals surface area contributed by atoms with Gasteiger partial charge in [-0.3, -0.25) is 0 Å². The van der Waals surface area contributed by atoms with Crippen molar-refractivity contribution >= 4 is 11.9 Å². The van der Waals surface area contributed by atoms with Gasteiger partial charge in [0.1, 0.15) is 0 Å². The van der Waals surface area contributed by atoms with Gasteiger partial charge < -0.3 is 10.2 Å². The minimum absolute atomic E-state index is 0. The van der Waals surface area contributed by atoms with E-state index in [1.807, 2.05) is 0 Å². The molecular weight excluding hydrogens is 249 g/mol. The summed E-state index contributed by atoms with van der Waals surface area (Å²) in [7, 11) is 0. The normalized spacial score (nSPS) is 7.20. The first kappa shape index (κ1) is 19.6. The molecule has 0 bridgehead atoms. The zero-order valence-corrected chi connectivity index (χ0v) is 12.5. The molecule has 5 heteroatoms. The minimum atomic E-state index is -0.875. The van der Waals surface area contributed by atoms with E-state index in [9.17, 15) is 9.59 Å². The molecule has 0 spiro atoms. The molecule has 15 heavy (non-hydrogen) atoms. The maximum absolute atomic E-state index is 9.73. The number of rotatable bonds is 2. The Bertz CT molecular complexity index is 231. The van der Waals surface area contributed by atoms with Crippen LogP contribution in [0.2, 0.25) is 0 Å². The molecule has 0 heterocycles. The second-order valence-corrected chi connectivity index (χ2v) is 3.12. The molecule has 0 aromatic heterocycles. The molecule has 2 N–H and O–H groups in total. The number of hydrogen-bond donors (Lipinski definition) is 2. The van der Waals surface area contributed by atoms with Crippen LogP contribution in [-0.4, -0.2) is 22.2 Å². The van der Waals surface area contributed by atoms with Gasteiger partial charge in [0, 0.05) is 31.6 Å². The Hall–Kier alpha value is -0.957. The van der Waals surface area contributed by atoms with Gasteiger partial charge in [0.05, 0.1) is 0 Å². The summed E-state index contributed by atoms with van der Waals surface area (Å²) in [4.78, 5) is 19.5.